The molecule has 0 spiro atoms. The highest BCUT2D eigenvalue weighted by atomic mass is 28.3. The molecular weight excluding hydrogens is 546 g/mol. The van der Waals surface area contributed by atoms with Gasteiger partial charge in [-0.3, -0.25) is 24.1 Å². The first-order valence-corrected chi connectivity index (χ1v) is 16.8. The van der Waals surface area contributed by atoms with Gasteiger partial charge in [-0.1, -0.05) is 95.3 Å². The molecular formula is C33H44N3O5Si. The van der Waals surface area contributed by atoms with Crippen molar-refractivity contribution in [1.29, 1.82) is 0 Å². The molecule has 3 rings (SSSR count). The van der Waals surface area contributed by atoms with Crippen molar-refractivity contribution in [3.63, 3.8) is 0 Å². The highest BCUT2D eigenvalue weighted by molar-refractivity contribution is 6.48. The van der Waals surface area contributed by atoms with Gasteiger partial charge < -0.3 is 14.6 Å². The van der Waals surface area contributed by atoms with Crippen LogP contribution < -0.4 is 5.32 Å². The number of rotatable bonds is 11. The zero-order valence-corrected chi connectivity index (χ0v) is 27.0. The largest absolute Gasteiger partial charge is 0.407 e. The summed E-state index contributed by atoms with van der Waals surface area (Å²) in [6.45, 7) is 14.7. The fourth-order valence-electron chi connectivity index (χ4n) is 5.11. The molecule has 0 saturated carbocycles. The van der Waals surface area contributed by atoms with E-state index in [1.807, 2.05) is 108 Å². The van der Waals surface area contributed by atoms with Gasteiger partial charge >= 0.3 is 0 Å². The number of nitrogens with one attached hydrogen (secondary N) is 1. The van der Waals surface area contributed by atoms with Crippen molar-refractivity contribution < 1.29 is 23.6 Å². The van der Waals surface area contributed by atoms with E-state index in [1.54, 1.807) is 6.20 Å². The van der Waals surface area contributed by atoms with Crippen LogP contribution in [-0.4, -0.2) is 67.1 Å². The molecule has 0 saturated heterocycles. The minimum Gasteiger partial charge on any atom is -0.407 e. The van der Waals surface area contributed by atoms with Crippen LogP contribution in [0.2, 0.25) is 13.1 Å². The maximum Gasteiger partial charge on any atom is 0.250 e. The Bertz CT molecular complexity index is 1290. The molecule has 2 aromatic carbocycles. The summed E-state index contributed by atoms with van der Waals surface area (Å²) in [5.41, 5.74) is 1.57. The molecule has 225 valence electrons. The van der Waals surface area contributed by atoms with Crippen LogP contribution in [0.1, 0.15) is 52.7 Å². The van der Waals surface area contributed by atoms with Crippen LogP contribution >= 0.6 is 0 Å². The third-order valence-electron chi connectivity index (χ3n) is 7.10. The minimum absolute atomic E-state index is 0.184. The Morgan fingerprint density at radius 2 is 1.55 bits per heavy atom. The summed E-state index contributed by atoms with van der Waals surface area (Å²) in [5.74, 6) is -1.45. The summed E-state index contributed by atoms with van der Waals surface area (Å²) in [6, 6.07) is 17.1. The van der Waals surface area contributed by atoms with E-state index in [2.05, 4.69) is 5.32 Å². The number of hydrogen-bond donors (Lipinski definition) is 1. The molecule has 0 aliphatic carbocycles. The lowest BCUT2D eigenvalue weighted by molar-refractivity contribution is -0.145. The van der Waals surface area contributed by atoms with Gasteiger partial charge in [0, 0.05) is 13.1 Å². The molecule has 2 aromatic rings. The Hall–Kier alpha value is -3.56. The number of Topliss-reactive ketones (excluding diaryl/α,β-unsaturated/α-hetero) is 1. The third kappa shape index (κ3) is 8.26. The van der Waals surface area contributed by atoms with E-state index in [4.69, 9.17) is 4.43 Å². The number of ketones is 1. The van der Waals surface area contributed by atoms with Crippen molar-refractivity contribution in [3.05, 3.63) is 78.0 Å². The molecule has 1 aliphatic heterocycles. The molecule has 8 nitrogen and oxygen atoms in total. The molecule has 1 radical (unpaired) electrons. The van der Waals surface area contributed by atoms with Gasteiger partial charge in [0.25, 0.3) is 5.91 Å². The molecule has 3 amide bonds. The maximum absolute atomic E-state index is 14.0. The number of carbonyl (C=O) groups is 4. The second-order valence-corrected chi connectivity index (χ2v) is 14.5. The molecule has 0 bridgehead atoms. The van der Waals surface area contributed by atoms with Crippen molar-refractivity contribution >= 4 is 38.2 Å². The Labute approximate surface area is 251 Å². The number of carbonyl (C=O) groups excluding carboxylic acids is 4. The maximum atomic E-state index is 14.0. The van der Waals surface area contributed by atoms with Gasteiger partial charge in [0.15, 0.2) is 5.78 Å². The number of hydrogen-bond acceptors (Lipinski definition) is 5. The molecule has 1 heterocycles. The van der Waals surface area contributed by atoms with Gasteiger partial charge in [-0.2, -0.15) is 0 Å². The Morgan fingerprint density at radius 1 is 0.976 bits per heavy atom. The predicted molar refractivity (Wildman–Crippen MR) is 166 cm³/mol. The molecule has 1 N–H and O–H groups in total. The first kappa shape index (κ1) is 32.9. The van der Waals surface area contributed by atoms with Crippen molar-refractivity contribution in [2.45, 2.75) is 79.2 Å². The third-order valence-corrected chi connectivity index (χ3v) is 7.80. The summed E-state index contributed by atoms with van der Waals surface area (Å²) in [6.07, 6.45) is 1.24. The zero-order chi connectivity index (χ0) is 31.2. The number of benzene rings is 2. The Morgan fingerprint density at radius 3 is 2.05 bits per heavy atom. The van der Waals surface area contributed by atoms with Crippen LogP contribution in [0.4, 0.5) is 0 Å². The molecule has 42 heavy (non-hydrogen) atoms. The molecule has 9 heteroatoms. The monoisotopic (exact) mass is 590 g/mol. The molecule has 1 unspecified atom stereocenters. The van der Waals surface area contributed by atoms with Gasteiger partial charge in [-0.15, -0.1) is 0 Å². The van der Waals surface area contributed by atoms with Crippen LogP contribution in [0.25, 0.3) is 5.70 Å². The first-order chi connectivity index (χ1) is 19.7. The molecule has 0 aromatic heterocycles. The molecule has 1 aliphatic rings. The second-order valence-electron chi connectivity index (χ2n) is 12.4. The number of amides is 3. The van der Waals surface area contributed by atoms with Gasteiger partial charge in [-0.05, 0) is 42.0 Å². The summed E-state index contributed by atoms with van der Waals surface area (Å²) >= 11 is 0. The van der Waals surface area contributed by atoms with E-state index in [0.717, 1.165) is 5.56 Å². The molecule has 3 atom stereocenters. The van der Waals surface area contributed by atoms with Crippen molar-refractivity contribution in [3.8, 4) is 0 Å². The van der Waals surface area contributed by atoms with E-state index in [9.17, 15) is 19.2 Å². The zero-order valence-electron chi connectivity index (χ0n) is 26.0. The quantitative estimate of drug-likeness (QED) is 0.384. The normalized spacial score (nSPS) is 17.2. The SMILES string of the molecule is CC(=O)N1C=C(c2ccccc2)N(CC(=O)N[C@@H](Cc2ccccc2)C(=O)C(O[Si](C)C)C(C)(C)C)C(=O)[C@H]1C(C)C. The Kier molecular flexibility index (Phi) is 11.0. The van der Waals surface area contributed by atoms with Gasteiger partial charge in [0.1, 0.15) is 18.7 Å². The van der Waals surface area contributed by atoms with Crippen molar-refractivity contribution in [2.75, 3.05) is 6.54 Å². The summed E-state index contributed by atoms with van der Waals surface area (Å²) in [4.78, 5) is 57.1. The van der Waals surface area contributed by atoms with Crippen LogP contribution in [-0.2, 0) is 30.0 Å². The predicted octanol–water partition coefficient (Wildman–Crippen LogP) is 4.68. The van der Waals surface area contributed by atoms with E-state index < -0.39 is 38.6 Å². The standard InChI is InChI=1S/C33H44N3O5Si/c1-22(2)29-32(40)36(27(20-35(29)23(3)37)25-17-13-10-14-18-25)21-28(38)34-26(19-24-15-11-9-12-16-24)30(39)31(33(4,5)6)41-42(7)8/h9-18,20,22,26,29,31H,19,21H2,1-8H3,(H,34,38)/t26-,29+,31?/m0/s1. The average molecular weight is 591 g/mol. The van der Waals surface area contributed by atoms with Crippen molar-refractivity contribution in [2.24, 2.45) is 11.3 Å². The van der Waals surface area contributed by atoms with Gasteiger partial charge in [0.05, 0.1) is 11.7 Å². The lowest BCUT2D eigenvalue weighted by Gasteiger charge is -2.40. The topological polar surface area (TPSA) is 96.0 Å². The average Bonchev–Trinajstić information content (AvgIpc) is 2.91. The highest BCUT2D eigenvalue weighted by Crippen LogP contribution is 2.30. The van der Waals surface area contributed by atoms with Crippen molar-refractivity contribution in [1.82, 2.24) is 15.1 Å². The van der Waals surface area contributed by atoms with Crippen LogP contribution in [0.15, 0.2) is 66.9 Å². The number of nitrogens with zero attached hydrogens (tertiary/aromatic N) is 2. The van der Waals surface area contributed by atoms with Gasteiger partial charge in [-0.25, -0.2) is 0 Å². The fraction of sp³-hybridized carbons (Fsp3) is 0.455. The minimum atomic E-state index is -1.21. The lowest BCUT2D eigenvalue weighted by Crippen LogP contribution is -2.57. The second kappa shape index (κ2) is 14.1. The van der Waals surface area contributed by atoms with Crippen LogP contribution in [0, 0.1) is 11.3 Å². The van der Waals surface area contributed by atoms with E-state index >= 15 is 0 Å². The van der Waals surface area contributed by atoms with Gasteiger partial charge in [0.2, 0.25) is 20.9 Å². The Balaban J connectivity index is 1.97. The first-order valence-electron chi connectivity index (χ1n) is 14.4. The lowest BCUT2D eigenvalue weighted by atomic mass is 9.83. The summed E-state index contributed by atoms with van der Waals surface area (Å²) in [7, 11) is -1.21. The summed E-state index contributed by atoms with van der Waals surface area (Å²) in [5, 5.41) is 2.95. The van der Waals surface area contributed by atoms with Crippen LogP contribution in [0.3, 0.4) is 0 Å². The van der Waals surface area contributed by atoms with E-state index in [0.29, 0.717) is 17.7 Å². The van der Waals surface area contributed by atoms with E-state index in [1.165, 1.54) is 16.7 Å². The molecule has 0 fully saturated rings. The highest BCUT2D eigenvalue weighted by Gasteiger charge is 2.41. The summed E-state index contributed by atoms with van der Waals surface area (Å²) < 4.78 is 6.18. The van der Waals surface area contributed by atoms with Crippen LogP contribution in [0.5, 0.6) is 0 Å². The van der Waals surface area contributed by atoms with E-state index in [-0.39, 0.29) is 30.1 Å². The smallest absolute Gasteiger partial charge is 0.250 e. The fourth-order valence-corrected chi connectivity index (χ4v) is 6.05.